The molecule has 1 amide bonds. The molecule has 0 atom stereocenters. The van der Waals surface area contributed by atoms with Crippen molar-refractivity contribution in [3.63, 3.8) is 0 Å². The first-order valence-electron chi connectivity index (χ1n) is 6.64. The Kier molecular flexibility index (Phi) is 3.44. The molecule has 5 heteroatoms. The second-order valence-corrected chi connectivity index (χ2v) is 6.03. The van der Waals surface area contributed by atoms with E-state index in [0.29, 0.717) is 31.5 Å². The summed E-state index contributed by atoms with van der Waals surface area (Å²) in [4.78, 5) is 25.1. The van der Waals surface area contributed by atoms with Crippen molar-refractivity contribution in [2.75, 3.05) is 13.1 Å². The maximum atomic E-state index is 12.4. The van der Waals surface area contributed by atoms with Crippen LogP contribution in [-0.4, -0.2) is 35.0 Å². The first kappa shape index (κ1) is 13.1. The minimum absolute atomic E-state index is 0.00180. The monoisotopic (exact) mass is 289 g/mol. The molecule has 1 aromatic carbocycles. The van der Waals surface area contributed by atoms with Crippen molar-refractivity contribution >= 4 is 33.3 Å². The minimum Gasteiger partial charge on any atom is -0.481 e. The van der Waals surface area contributed by atoms with E-state index in [0.717, 1.165) is 5.39 Å². The lowest BCUT2D eigenvalue weighted by molar-refractivity contribution is -0.143. The number of fused-ring (bicyclic) bond motifs is 1. The number of amides is 1. The summed E-state index contributed by atoms with van der Waals surface area (Å²) < 4.78 is 1.17. The summed E-state index contributed by atoms with van der Waals surface area (Å²) in [7, 11) is 0. The number of hydrogen-bond acceptors (Lipinski definition) is 3. The molecule has 0 aliphatic carbocycles. The first-order chi connectivity index (χ1) is 9.65. The summed E-state index contributed by atoms with van der Waals surface area (Å²) >= 11 is 1.66. The summed E-state index contributed by atoms with van der Waals surface area (Å²) in [6.45, 7) is 1.05. The molecule has 2 aromatic rings. The van der Waals surface area contributed by atoms with Crippen LogP contribution in [0, 0.1) is 5.92 Å². The van der Waals surface area contributed by atoms with Gasteiger partial charge in [0, 0.05) is 23.4 Å². The van der Waals surface area contributed by atoms with E-state index in [2.05, 4.69) is 0 Å². The number of nitrogens with zero attached hydrogens (tertiary/aromatic N) is 1. The smallest absolute Gasteiger partial charge is 0.306 e. The molecule has 3 rings (SSSR count). The van der Waals surface area contributed by atoms with E-state index in [9.17, 15) is 9.59 Å². The molecule has 0 unspecified atom stereocenters. The Morgan fingerprint density at radius 3 is 2.65 bits per heavy atom. The number of aliphatic carboxylic acids is 1. The number of hydrogen-bond donors (Lipinski definition) is 1. The second kappa shape index (κ2) is 5.25. The van der Waals surface area contributed by atoms with Crippen molar-refractivity contribution in [2.45, 2.75) is 12.8 Å². The number of thiophene rings is 1. The SMILES string of the molecule is O=C(O)C1CCN(C(=O)c2ccc3sccc3c2)CC1. The lowest BCUT2D eigenvalue weighted by Gasteiger charge is -2.30. The van der Waals surface area contributed by atoms with Crippen molar-refractivity contribution in [1.29, 1.82) is 0 Å². The molecule has 4 nitrogen and oxygen atoms in total. The molecule has 1 aromatic heterocycles. The fourth-order valence-corrected chi connectivity index (χ4v) is 3.38. The Morgan fingerprint density at radius 1 is 1.20 bits per heavy atom. The molecular weight excluding hydrogens is 274 g/mol. The standard InChI is InChI=1S/C15H15NO3S/c17-14(16-6-3-10(4-7-16)15(18)19)12-1-2-13-11(9-12)5-8-20-13/h1-2,5,8-10H,3-4,6-7H2,(H,18,19). The van der Waals surface area contributed by atoms with E-state index in [-0.39, 0.29) is 11.8 Å². The first-order valence-corrected chi connectivity index (χ1v) is 7.52. The highest BCUT2D eigenvalue weighted by atomic mass is 32.1. The van der Waals surface area contributed by atoms with Gasteiger partial charge in [-0.1, -0.05) is 0 Å². The molecular formula is C15H15NO3S. The highest BCUT2D eigenvalue weighted by molar-refractivity contribution is 7.17. The van der Waals surface area contributed by atoms with Crippen LogP contribution in [0.5, 0.6) is 0 Å². The van der Waals surface area contributed by atoms with Gasteiger partial charge < -0.3 is 10.0 Å². The van der Waals surface area contributed by atoms with E-state index in [1.54, 1.807) is 16.2 Å². The molecule has 0 bridgehead atoms. The van der Waals surface area contributed by atoms with Gasteiger partial charge in [0.2, 0.25) is 0 Å². The number of carboxylic acid groups (broad SMARTS) is 1. The molecule has 1 saturated heterocycles. The highest BCUT2D eigenvalue weighted by Gasteiger charge is 2.27. The topological polar surface area (TPSA) is 57.6 Å². The number of likely N-dealkylation sites (tertiary alicyclic amines) is 1. The van der Waals surface area contributed by atoms with Crippen molar-refractivity contribution < 1.29 is 14.7 Å². The molecule has 104 valence electrons. The Balaban J connectivity index is 1.74. The Bertz CT molecular complexity index is 656. The van der Waals surface area contributed by atoms with Crippen LogP contribution in [-0.2, 0) is 4.79 Å². The fourth-order valence-electron chi connectivity index (χ4n) is 2.61. The van der Waals surface area contributed by atoms with E-state index in [4.69, 9.17) is 5.11 Å². The van der Waals surface area contributed by atoms with Gasteiger partial charge in [0.25, 0.3) is 5.91 Å². The highest BCUT2D eigenvalue weighted by Crippen LogP contribution is 2.24. The number of carbonyl (C=O) groups is 2. The zero-order valence-electron chi connectivity index (χ0n) is 10.9. The third-order valence-corrected chi connectivity index (χ3v) is 4.73. The third-order valence-electron chi connectivity index (χ3n) is 3.83. The lowest BCUT2D eigenvalue weighted by Crippen LogP contribution is -2.40. The molecule has 0 spiro atoms. The minimum atomic E-state index is -0.753. The largest absolute Gasteiger partial charge is 0.481 e. The zero-order valence-corrected chi connectivity index (χ0v) is 11.7. The zero-order chi connectivity index (χ0) is 14.1. The molecule has 1 fully saturated rings. The molecule has 0 radical (unpaired) electrons. The lowest BCUT2D eigenvalue weighted by atomic mass is 9.96. The van der Waals surface area contributed by atoms with Crippen LogP contribution in [0.4, 0.5) is 0 Å². The summed E-state index contributed by atoms with van der Waals surface area (Å²) in [6, 6.07) is 7.74. The Labute approximate surface area is 120 Å². The number of rotatable bonds is 2. The normalized spacial score (nSPS) is 16.5. The summed E-state index contributed by atoms with van der Waals surface area (Å²) in [6.07, 6.45) is 1.09. The average molecular weight is 289 g/mol. The van der Waals surface area contributed by atoms with Crippen molar-refractivity contribution in [3.8, 4) is 0 Å². The quantitative estimate of drug-likeness (QED) is 0.925. The predicted molar refractivity (Wildman–Crippen MR) is 78.1 cm³/mol. The Hall–Kier alpha value is -1.88. The van der Waals surface area contributed by atoms with E-state index >= 15 is 0 Å². The Morgan fingerprint density at radius 2 is 1.95 bits per heavy atom. The van der Waals surface area contributed by atoms with Gasteiger partial charge in [-0.05, 0) is 47.9 Å². The van der Waals surface area contributed by atoms with E-state index in [1.165, 1.54) is 4.70 Å². The van der Waals surface area contributed by atoms with Crippen molar-refractivity contribution in [1.82, 2.24) is 4.90 Å². The van der Waals surface area contributed by atoms with Gasteiger partial charge in [-0.3, -0.25) is 9.59 Å². The van der Waals surface area contributed by atoms with E-state index in [1.807, 2.05) is 29.6 Å². The van der Waals surface area contributed by atoms with Gasteiger partial charge in [-0.25, -0.2) is 0 Å². The molecule has 1 aliphatic heterocycles. The average Bonchev–Trinajstić information content (AvgIpc) is 2.94. The van der Waals surface area contributed by atoms with Gasteiger partial charge in [0.15, 0.2) is 0 Å². The number of carboxylic acids is 1. The van der Waals surface area contributed by atoms with Crippen LogP contribution in [0.2, 0.25) is 0 Å². The second-order valence-electron chi connectivity index (χ2n) is 5.08. The van der Waals surface area contributed by atoms with Gasteiger partial charge >= 0.3 is 5.97 Å². The van der Waals surface area contributed by atoms with Crippen LogP contribution >= 0.6 is 11.3 Å². The van der Waals surface area contributed by atoms with Crippen LogP contribution < -0.4 is 0 Å². The van der Waals surface area contributed by atoms with Gasteiger partial charge in [-0.2, -0.15) is 0 Å². The van der Waals surface area contributed by atoms with E-state index < -0.39 is 5.97 Å². The predicted octanol–water partition coefficient (Wildman–Crippen LogP) is 2.84. The van der Waals surface area contributed by atoms with Crippen LogP contribution in [0.15, 0.2) is 29.6 Å². The van der Waals surface area contributed by atoms with Crippen molar-refractivity contribution in [2.24, 2.45) is 5.92 Å². The molecule has 1 N–H and O–H groups in total. The molecule has 2 heterocycles. The van der Waals surface area contributed by atoms with Crippen molar-refractivity contribution in [3.05, 3.63) is 35.2 Å². The number of piperidine rings is 1. The van der Waals surface area contributed by atoms with Gasteiger partial charge in [-0.15, -0.1) is 11.3 Å². The number of benzene rings is 1. The van der Waals surface area contributed by atoms with Crippen LogP contribution in [0.25, 0.3) is 10.1 Å². The molecule has 1 aliphatic rings. The van der Waals surface area contributed by atoms with Crippen LogP contribution in [0.1, 0.15) is 23.2 Å². The summed E-state index contributed by atoms with van der Waals surface area (Å²) in [5.74, 6) is -1.06. The van der Waals surface area contributed by atoms with Gasteiger partial charge in [0.05, 0.1) is 5.92 Å². The van der Waals surface area contributed by atoms with Crippen LogP contribution in [0.3, 0.4) is 0 Å². The third kappa shape index (κ3) is 2.41. The fraction of sp³-hybridized carbons (Fsp3) is 0.333. The molecule has 20 heavy (non-hydrogen) atoms. The molecule has 0 saturated carbocycles. The maximum Gasteiger partial charge on any atom is 0.306 e. The summed E-state index contributed by atoms with van der Waals surface area (Å²) in [5, 5.41) is 12.1. The maximum absolute atomic E-state index is 12.4. The number of carbonyl (C=O) groups excluding carboxylic acids is 1. The summed E-state index contributed by atoms with van der Waals surface area (Å²) in [5.41, 5.74) is 0.685. The van der Waals surface area contributed by atoms with Gasteiger partial charge in [0.1, 0.15) is 0 Å².